The zero-order chi connectivity index (χ0) is 9.94. The Morgan fingerprint density at radius 3 is 1.85 bits per heavy atom. The molecule has 0 saturated heterocycles. The third-order valence-electron chi connectivity index (χ3n) is 1.02. The van der Waals surface area contributed by atoms with Gasteiger partial charge in [0.2, 0.25) is 5.91 Å². The van der Waals surface area contributed by atoms with Gasteiger partial charge < -0.3 is 10.8 Å². The van der Waals surface area contributed by atoms with Crippen molar-refractivity contribution in [2.75, 3.05) is 0 Å². The Bertz CT molecular complexity index is 298. The number of carbonyl (C=O) groups is 2. The van der Waals surface area contributed by atoms with E-state index in [1.807, 2.05) is 0 Å². The SMILES string of the molecule is NC(=O)CC(C(=O)O)S(=O)(=O)O.[Na]. The average Bonchev–Trinajstić information content (AvgIpc) is 1.79. The van der Waals surface area contributed by atoms with Crippen LogP contribution in [0.5, 0.6) is 0 Å². The van der Waals surface area contributed by atoms with E-state index >= 15 is 0 Å². The van der Waals surface area contributed by atoms with Gasteiger partial charge in [0.05, 0.1) is 6.42 Å². The van der Waals surface area contributed by atoms with E-state index in [0.717, 1.165) is 0 Å². The van der Waals surface area contributed by atoms with E-state index in [4.69, 9.17) is 9.66 Å². The number of hydrogen-bond donors (Lipinski definition) is 3. The van der Waals surface area contributed by atoms with Crippen molar-refractivity contribution < 1.29 is 27.7 Å². The number of primary amides is 1. The largest absolute Gasteiger partial charge is 0.480 e. The summed E-state index contributed by atoms with van der Waals surface area (Å²) in [5, 5.41) is 6.04. The van der Waals surface area contributed by atoms with Gasteiger partial charge in [-0.15, -0.1) is 0 Å². The molecule has 0 aromatic heterocycles. The molecule has 0 fully saturated rings. The Hall–Kier alpha value is -0.150. The predicted molar refractivity (Wildman–Crippen MR) is 42.5 cm³/mol. The molecule has 71 valence electrons. The first-order valence-electron chi connectivity index (χ1n) is 2.72. The van der Waals surface area contributed by atoms with Gasteiger partial charge in [0, 0.05) is 29.6 Å². The van der Waals surface area contributed by atoms with E-state index in [1.165, 1.54) is 0 Å². The second kappa shape index (κ2) is 5.55. The van der Waals surface area contributed by atoms with E-state index in [9.17, 15) is 18.0 Å². The van der Waals surface area contributed by atoms with E-state index in [-0.39, 0.29) is 29.6 Å². The maximum absolute atomic E-state index is 10.3. The first kappa shape index (κ1) is 15.3. The summed E-state index contributed by atoms with van der Waals surface area (Å²) in [6.45, 7) is 0. The molecular formula is C4H7NNaO6S. The minimum atomic E-state index is -4.76. The number of rotatable bonds is 4. The maximum Gasteiger partial charge on any atom is 0.324 e. The molecule has 1 unspecified atom stereocenters. The number of hydrogen-bond acceptors (Lipinski definition) is 4. The van der Waals surface area contributed by atoms with Crippen LogP contribution >= 0.6 is 0 Å². The summed E-state index contributed by atoms with van der Waals surface area (Å²) < 4.78 is 28.8. The molecule has 0 aliphatic rings. The van der Waals surface area contributed by atoms with Crippen LogP contribution in [0.15, 0.2) is 0 Å². The van der Waals surface area contributed by atoms with E-state index < -0.39 is 33.7 Å². The number of carboxylic acid groups (broad SMARTS) is 1. The van der Waals surface area contributed by atoms with Crippen LogP contribution < -0.4 is 5.73 Å². The van der Waals surface area contributed by atoms with Crippen molar-refractivity contribution in [2.24, 2.45) is 5.73 Å². The third kappa shape index (κ3) is 5.99. The summed E-state index contributed by atoms with van der Waals surface area (Å²) in [5.41, 5.74) is 4.55. The first-order chi connectivity index (χ1) is 5.25. The van der Waals surface area contributed by atoms with Crippen molar-refractivity contribution in [3.05, 3.63) is 0 Å². The van der Waals surface area contributed by atoms with Crippen LogP contribution in [-0.4, -0.2) is 64.8 Å². The van der Waals surface area contributed by atoms with Crippen LogP contribution in [0, 0.1) is 0 Å². The fraction of sp³-hybridized carbons (Fsp3) is 0.500. The molecule has 0 rings (SSSR count). The maximum atomic E-state index is 10.3. The number of amides is 1. The van der Waals surface area contributed by atoms with Gasteiger partial charge in [0.1, 0.15) is 0 Å². The normalized spacial score (nSPS) is 12.7. The molecule has 0 aromatic carbocycles. The predicted octanol–water partition coefficient (Wildman–Crippen LogP) is -2.18. The van der Waals surface area contributed by atoms with Crippen molar-refractivity contribution in [3.8, 4) is 0 Å². The van der Waals surface area contributed by atoms with Gasteiger partial charge >= 0.3 is 5.97 Å². The van der Waals surface area contributed by atoms with Crippen LogP contribution in [0.1, 0.15) is 6.42 Å². The van der Waals surface area contributed by atoms with Gasteiger partial charge in [-0.3, -0.25) is 14.1 Å². The Balaban J connectivity index is 0. The molecule has 1 amide bonds. The molecule has 13 heavy (non-hydrogen) atoms. The smallest absolute Gasteiger partial charge is 0.324 e. The molecule has 9 heteroatoms. The summed E-state index contributed by atoms with van der Waals surface area (Å²) in [6, 6.07) is 0. The molecule has 0 aromatic rings. The van der Waals surface area contributed by atoms with Gasteiger partial charge in [0.25, 0.3) is 10.1 Å². The molecule has 0 heterocycles. The van der Waals surface area contributed by atoms with Crippen LogP contribution in [0.25, 0.3) is 0 Å². The topological polar surface area (TPSA) is 135 Å². The summed E-state index contributed by atoms with van der Waals surface area (Å²) >= 11 is 0. The minimum Gasteiger partial charge on any atom is -0.480 e. The molecule has 1 atom stereocenters. The number of nitrogens with two attached hydrogens (primary N) is 1. The second-order valence-electron chi connectivity index (χ2n) is 2.01. The number of carboxylic acids is 1. The molecule has 0 spiro atoms. The van der Waals surface area contributed by atoms with E-state index in [2.05, 4.69) is 5.73 Å². The Labute approximate surface area is 96.3 Å². The molecule has 0 aliphatic heterocycles. The van der Waals surface area contributed by atoms with Crippen molar-refractivity contribution in [1.29, 1.82) is 0 Å². The Kier molecular flexibility index (Phi) is 6.55. The van der Waals surface area contributed by atoms with Gasteiger partial charge in [-0.2, -0.15) is 8.42 Å². The standard InChI is InChI=1S/C4H7NO6S.Na/c5-3(6)1-2(4(7)8)12(9,10)11;/h2H,1H2,(H2,5,6)(H,7,8)(H,9,10,11);. The van der Waals surface area contributed by atoms with E-state index in [1.54, 1.807) is 0 Å². The molecule has 1 radical (unpaired) electrons. The zero-order valence-corrected chi connectivity index (χ0v) is 9.61. The van der Waals surface area contributed by atoms with Crippen LogP contribution in [0.3, 0.4) is 0 Å². The average molecular weight is 220 g/mol. The molecule has 0 aliphatic carbocycles. The number of carbonyl (C=O) groups excluding carboxylic acids is 1. The molecular weight excluding hydrogens is 213 g/mol. The third-order valence-corrected chi connectivity index (χ3v) is 2.11. The monoisotopic (exact) mass is 220 g/mol. The van der Waals surface area contributed by atoms with Crippen LogP contribution in [0.4, 0.5) is 0 Å². The zero-order valence-electron chi connectivity index (χ0n) is 6.80. The summed E-state index contributed by atoms with van der Waals surface area (Å²) in [7, 11) is -4.76. The van der Waals surface area contributed by atoms with Gasteiger partial charge in [0.15, 0.2) is 5.25 Å². The summed E-state index contributed by atoms with van der Waals surface area (Å²) in [6.07, 6.45) is -0.936. The minimum absolute atomic E-state index is 0. The van der Waals surface area contributed by atoms with E-state index in [0.29, 0.717) is 0 Å². The fourth-order valence-electron chi connectivity index (χ4n) is 0.503. The molecule has 4 N–H and O–H groups in total. The number of aliphatic carboxylic acids is 1. The van der Waals surface area contributed by atoms with Crippen molar-refractivity contribution in [2.45, 2.75) is 11.7 Å². The summed E-state index contributed by atoms with van der Waals surface area (Å²) in [5.74, 6) is -2.92. The Morgan fingerprint density at radius 2 is 1.77 bits per heavy atom. The molecule has 7 nitrogen and oxygen atoms in total. The molecule has 0 bridgehead atoms. The van der Waals surface area contributed by atoms with Gasteiger partial charge in [-0.1, -0.05) is 0 Å². The fourth-order valence-corrected chi connectivity index (χ4v) is 1.13. The van der Waals surface area contributed by atoms with Gasteiger partial charge in [-0.25, -0.2) is 0 Å². The van der Waals surface area contributed by atoms with Crippen LogP contribution in [0.2, 0.25) is 0 Å². The molecule has 0 saturated carbocycles. The van der Waals surface area contributed by atoms with Crippen LogP contribution in [-0.2, 0) is 19.7 Å². The van der Waals surface area contributed by atoms with Crippen molar-refractivity contribution >= 4 is 51.6 Å². The first-order valence-corrected chi connectivity index (χ1v) is 4.23. The second-order valence-corrected chi connectivity index (χ2v) is 3.61. The van der Waals surface area contributed by atoms with Crippen molar-refractivity contribution in [3.63, 3.8) is 0 Å². The Morgan fingerprint density at radius 1 is 1.38 bits per heavy atom. The van der Waals surface area contributed by atoms with Crippen molar-refractivity contribution in [1.82, 2.24) is 0 Å². The summed E-state index contributed by atoms with van der Waals surface area (Å²) in [4.78, 5) is 20.3. The van der Waals surface area contributed by atoms with Gasteiger partial charge in [-0.05, 0) is 0 Å². The quantitative estimate of drug-likeness (QED) is 0.364.